The molecule has 2 atom stereocenters. The van der Waals surface area contributed by atoms with Gasteiger partial charge >= 0.3 is 0 Å². The van der Waals surface area contributed by atoms with Crippen molar-refractivity contribution < 1.29 is 0 Å². The molecule has 0 radical (unpaired) electrons. The van der Waals surface area contributed by atoms with Gasteiger partial charge < -0.3 is 15.5 Å². The van der Waals surface area contributed by atoms with Gasteiger partial charge in [-0.3, -0.25) is 0 Å². The fourth-order valence-corrected chi connectivity index (χ4v) is 4.11. The van der Waals surface area contributed by atoms with Gasteiger partial charge in [0.15, 0.2) is 0 Å². The van der Waals surface area contributed by atoms with Gasteiger partial charge in [0, 0.05) is 43.7 Å². The van der Waals surface area contributed by atoms with Crippen LogP contribution in [0.5, 0.6) is 0 Å². The lowest BCUT2D eigenvalue weighted by atomic mass is 10.0. The van der Waals surface area contributed by atoms with E-state index in [2.05, 4.69) is 32.9 Å². The molecule has 24 heavy (non-hydrogen) atoms. The Balaban J connectivity index is 1.53. The number of hydrogen-bond acceptors (Lipinski definition) is 5. The molecule has 0 saturated carbocycles. The summed E-state index contributed by atoms with van der Waals surface area (Å²) in [4.78, 5) is 13.7. The van der Waals surface area contributed by atoms with Crippen LogP contribution in [0.25, 0.3) is 0 Å². The Morgan fingerprint density at radius 2 is 1.75 bits per heavy atom. The normalized spacial score (nSPS) is 23.7. The van der Waals surface area contributed by atoms with E-state index in [0.717, 1.165) is 47.9 Å². The molecule has 4 rings (SSSR count). The number of benzene rings is 1. The molecule has 2 fully saturated rings. The SMILES string of the molecule is CN1CC2CN(c3cc(Cc4ccc(Cl)cc4)nc(N)n3)CC2C1. The molecule has 2 aliphatic heterocycles. The average molecular weight is 344 g/mol. The first kappa shape index (κ1) is 15.7. The lowest BCUT2D eigenvalue weighted by Crippen LogP contribution is -2.27. The predicted octanol–water partition coefficient (Wildman–Crippen LogP) is 2.30. The molecule has 0 spiro atoms. The summed E-state index contributed by atoms with van der Waals surface area (Å²) in [7, 11) is 2.20. The van der Waals surface area contributed by atoms with Gasteiger partial charge in [-0.05, 0) is 36.6 Å². The Hall–Kier alpha value is -1.85. The van der Waals surface area contributed by atoms with Gasteiger partial charge in [0.25, 0.3) is 0 Å². The number of fused-ring (bicyclic) bond motifs is 1. The van der Waals surface area contributed by atoms with Gasteiger partial charge in [0.2, 0.25) is 5.95 Å². The Kier molecular flexibility index (Phi) is 4.06. The van der Waals surface area contributed by atoms with Crippen molar-refractivity contribution in [1.82, 2.24) is 14.9 Å². The van der Waals surface area contributed by atoms with Crippen LogP contribution in [-0.2, 0) is 6.42 Å². The summed E-state index contributed by atoms with van der Waals surface area (Å²) >= 11 is 5.95. The molecule has 2 aliphatic rings. The first-order valence-electron chi connectivity index (χ1n) is 8.38. The van der Waals surface area contributed by atoms with Gasteiger partial charge in [-0.15, -0.1) is 0 Å². The number of hydrogen-bond donors (Lipinski definition) is 1. The highest BCUT2D eigenvalue weighted by atomic mass is 35.5. The van der Waals surface area contributed by atoms with Crippen LogP contribution in [0.1, 0.15) is 11.3 Å². The molecule has 2 aromatic rings. The summed E-state index contributed by atoms with van der Waals surface area (Å²) in [6.07, 6.45) is 0.736. The maximum atomic E-state index is 5.96. The molecule has 5 nitrogen and oxygen atoms in total. The van der Waals surface area contributed by atoms with E-state index in [9.17, 15) is 0 Å². The number of nitrogen functional groups attached to an aromatic ring is 1. The van der Waals surface area contributed by atoms with E-state index in [1.54, 1.807) is 0 Å². The van der Waals surface area contributed by atoms with Crippen LogP contribution >= 0.6 is 11.6 Å². The highest BCUT2D eigenvalue weighted by Gasteiger charge is 2.39. The van der Waals surface area contributed by atoms with Crippen molar-refractivity contribution in [3.63, 3.8) is 0 Å². The van der Waals surface area contributed by atoms with Crippen molar-refractivity contribution in [1.29, 1.82) is 0 Å². The molecule has 3 heterocycles. The van der Waals surface area contributed by atoms with E-state index in [-0.39, 0.29) is 0 Å². The number of aromatic nitrogens is 2. The highest BCUT2D eigenvalue weighted by molar-refractivity contribution is 6.30. The molecule has 2 N–H and O–H groups in total. The molecule has 0 bridgehead atoms. The largest absolute Gasteiger partial charge is 0.368 e. The first-order chi connectivity index (χ1) is 11.6. The zero-order chi connectivity index (χ0) is 16.7. The van der Waals surface area contributed by atoms with Crippen LogP contribution in [0, 0.1) is 11.8 Å². The van der Waals surface area contributed by atoms with Crippen LogP contribution < -0.4 is 10.6 Å². The first-order valence-corrected chi connectivity index (χ1v) is 8.76. The van der Waals surface area contributed by atoms with Gasteiger partial charge in [-0.2, -0.15) is 4.98 Å². The maximum Gasteiger partial charge on any atom is 0.222 e. The lowest BCUT2D eigenvalue weighted by molar-refractivity contribution is 0.387. The molecular formula is C18H22ClN5. The standard InChI is InChI=1S/C18H22ClN5/c1-23-8-13-10-24(11-14(13)9-23)17-7-16(21-18(20)22-17)6-12-2-4-15(19)5-3-12/h2-5,7,13-14H,6,8-11H2,1H3,(H2,20,21,22). The molecule has 1 aromatic carbocycles. The van der Waals surface area contributed by atoms with Gasteiger partial charge in [0.05, 0.1) is 5.69 Å². The minimum absolute atomic E-state index is 0.352. The van der Waals surface area contributed by atoms with E-state index in [0.29, 0.717) is 5.95 Å². The molecule has 0 aliphatic carbocycles. The number of nitrogens with two attached hydrogens (primary N) is 1. The maximum absolute atomic E-state index is 5.96. The van der Waals surface area contributed by atoms with E-state index < -0.39 is 0 Å². The Bertz CT molecular complexity index is 719. The molecular weight excluding hydrogens is 322 g/mol. The Labute approximate surface area is 147 Å². The van der Waals surface area contributed by atoms with Crippen molar-refractivity contribution >= 4 is 23.4 Å². The van der Waals surface area contributed by atoms with E-state index in [4.69, 9.17) is 17.3 Å². The number of rotatable bonds is 3. The third-order valence-corrected chi connectivity index (χ3v) is 5.33. The molecule has 2 unspecified atom stereocenters. The second kappa shape index (κ2) is 6.22. The summed E-state index contributed by atoms with van der Waals surface area (Å²) in [6.45, 7) is 4.48. The van der Waals surface area contributed by atoms with E-state index in [1.807, 2.05) is 24.3 Å². The van der Waals surface area contributed by atoms with Crippen LogP contribution in [-0.4, -0.2) is 48.1 Å². The zero-order valence-corrected chi connectivity index (χ0v) is 14.6. The number of halogens is 1. The second-order valence-corrected chi connectivity index (χ2v) is 7.46. The summed E-state index contributed by atoms with van der Waals surface area (Å²) in [5.74, 6) is 2.80. The minimum atomic E-state index is 0.352. The fourth-order valence-electron chi connectivity index (χ4n) is 3.98. The van der Waals surface area contributed by atoms with Crippen molar-refractivity contribution in [2.45, 2.75) is 6.42 Å². The van der Waals surface area contributed by atoms with Crippen LogP contribution in [0.15, 0.2) is 30.3 Å². The quantitative estimate of drug-likeness (QED) is 0.926. The van der Waals surface area contributed by atoms with Crippen molar-refractivity contribution in [3.05, 3.63) is 46.6 Å². The van der Waals surface area contributed by atoms with E-state index >= 15 is 0 Å². The third-order valence-electron chi connectivity index (χ3n) is 5.07. The average Bonchev–Trinajstić information content (AvgIpc) is 3.06. The summed E-state index contributed by atoms with van der Waals surface area (Å²) in [5.41, 5.74) is 8.09. The van der Waals surface area contributed by atoms with Crippen LogP contribution in [0.2, 0.25) is 5.02 Å². The molecule has 126 valence electrons. The van der Waals surface area contributed by atoms with Crippen molar-refractivity contribution in [2.75, 3.05) is 43.9 Å². The third kappa shape index (κ3) is 3.19. The minimum Gasteiger partial charge on any atom is -0.368 e. The predicted molar refractivity (Wildman–Crippen MR) is 97.4 cm³/mol. The van der Waals surface area contributed by atoms with E-state index in [1.165, 1.54) is 18.7 Å². The highest BCUT2D eigenvalue weighted by Crippen LogP contribution is 2.33. The summed E-state index contributed by atoms with van der Waals surface area (Å²) < 4.78 is 0. The molecule has 2 saturated heterocycles. The smallest absolute Gasteiger partial charge is 0.222 e. The number of anilines is 2. The number of nitrogens with zero attached hydrogens (tertiary/aromatic N) is 4. The fraction of sp³-hybridized carbons (Fsp3) is 0.444. The Morgan fingerprint density at radius 3 is 2.42 bits per heavy atom. The number of likely N-dealkylation sites (tertiary alicyclic amines) is 1. The van der Waals surface area contributed by atoms with Crippen molar-refractivity contribution in [3.8, 4) is 0 Å². The molecule has 6 heteroatoms. The zero-order valence-electron chi connectivity index (χ0n) is 13.8. The lowest BCUT2D eigenvalue weighted by Gasteiger charge is -2.21. The van der Waals surface area contributed by atoms with Gasteiger partial charge in [-0.1, -0.05) is 23.7 Å². The summed E-state index contributed by atoms with van der Waals surface area (Å²) in [5, 5.41) is 0.746. The molecule has 1 aromatic heterocycles. The van der Waals surface area contributed by atoms with Crippen LogP contribution in [0.4, 0.5) is 11.8 Å². The van der Waals surface area contributed by atoms with Gasteiger partial charge in [-0.25, -0.2) is 4.98 Å². The van der Waals surface area contributed by atoms with Gasteiger partial charge in [0.1, 0.15) is 5.82 Å². The second-order valence-electron chi connectivity index (χ2n) is 7.03. The monoisotopic (exact) mass is 343 g/mol. The van der Waals surface area contributed by atoms with Crippen LogP contribution in [0.3, 0.4) is 0 Å². The summed E-state index contributed by atoms with van der Waals surface area (Å²) in [6, 6.07) is 9.93. The topological polar surface area (TPSA) is 58.3 Å². The Morgan fingerprint density at radius 1 is 1.08 bits per heavy atom. The molecule has 0 amide bonds. The van der Waals surface area contributed by atoms with Crippen molar-refractivity contribution in [2.24, 2.45) is 11.8 Å².